The molecule has 2 nitrogen and oxygen atoms in total. The summed E-state index contributed by atoms with van der Waals surface area (Å²) in [6.45, 7) is 9.27. The third-order valence-electron chi connectivity index (χ3n) is 3.42. The molecule has 2 unspecified atom stereocenters. The summed E-state index contributed by atoms with van der Waals surface area (Å²) in [6.07, 6.45) is 8.58. The largest absolute Gasteiger partial charge is 0.311 e. The lowest BCUT2D eigenvalue weighted by Gasteiger charge is -2.36. The second-order valence-electron chi connectivity index (χ2n) is 4.55. The minimum atomic E-state index is 0.676. The zero-order valence-corrected chi connectivity index (χ0v) is 10.1. The summed E-state index contributed by atoms with van der Waals surface area (Å²) in [5.74, 6) is 3.49. The van der Waals surface area contributed by atoms with Gasteiger partial charge in [0, 0.05) is 32.1 Å². The van der Waals surface area contributed by atoms with Crippen LogP contribution in [0.15, 0.2) is 0 Å². The Kier molecular flexibility index (Phi) is 5.75. The van der Waals surface area contributed by atoms with Crippen LogP contribution in [0.25, 0.3) is 0 Å². The molecule has 0 amide bonds. The monoisotopic (exact) mass is 208 g/mol. The van der Waals surface area contributed by atoms with Crippen LogP contribution in [-0.2, 0) is 0 Å². The molecule has 0 radical (unpaired) electrons. The summed E-state index contributed by atoms with van der Waals surface area (Å²) in [6, 6.07) is 0.676. The number of unbranched alkanes of at least 4 members (excludes halogenated alkanes) is 1. The molecule has 1 fully saturated rings. The highest BCUT2D eigenvalue weighted by Gasteiger charge is 2.22. The maximum atomic E-state index is 5.26. The normalized spacial score (nSPS) is 24.7. The number of nitrogens with zero attached hydrogens (tertiary/aromatic N) is 1. The number of hydrogen-bond donors (Lipinski definition) is 1. The summed E-state index contributed by atoms with van der Waals surface area (Å²) < 4.78 is 0. The Balaban J connectivity index is 2.26. The van der Waals surface area contributed by atoms with Gasteiger partial charge in [-0.15, -0.1) is 12.3 Å². The van der Waals surface area contributed by atoms with Crippen molar-refractivity contribution in [3.63, 3.8) is 0 Å². The molecule has 0 aromatic rings. The Morgan fingerprint density at radius 1 is 1.60 bits per heavy atom. The average Bonchev–Trinajstić information content (AvgIpc) is 2.29. The van der Waals surface area contributed by atoms with E-state index in [9.17, 15) is 0 Å². The smallest absolute Gasteiger partial charge is 0.0221 e. The average molecular weight is 208 g/mol. The molecular formula is C13H24N2. The zero-order chi connectivity index (χ0) is 11.1. The van der Waals surface area contributed by atoms with Gasteiger partial charge in [0.2, 0.25) is 0 Å². The number of piperazine rings is 1. The summed E-state index contributed by atoms with van der Waals surface area (Å²) in [5, 5.41) is 3.61. The van der Waals surface area contributed by atoms with Gasteiger partial charge in [-0.05, 0) is 18.9 Å². The minimum absolute atomic E-state index is 0.676. The molecule has 1 saturated heterocycles. The van der Waals surface area contributed by atoms with Gasteiger partial charge in [-0.1, -0.05) is 20.3 Å². The van der Waals surface area contributed by atoms with E-state index in [1.165, 1.54) is 26.1 Å². The van der Waals surface area contributed by atoms with Gasteiger partial charge in [-0.25, -0.2) is 0 Å². The van der Waals surface area contributed by atoms with Crippen molar-refractivity contribution in [2.75, 3.05) is 26.2 Å². The third-order valence-corrected chi connectivity index (χ3v) is 3.42. The lowest BCUT2D eigenvalue weighted by Crippen LogP contribution is -2.53. The van der Waals surface area contributed by atoms with Gasteiger partial charge in [0.25, 0.3) is 0 Å². The second kappa shape index (κ2) is 6.87. The molecule has 1 N–H and O–H groups in total. The Morgan fingerprint density at radius 2 is 2.40 bits per heavy atom. The summed E-state index contributed by atoms with van der Waals surface area (Å²) in [5.41, 5.74) is 0. The topological polar surface area (TPSA) is 15.3 Å². The molecule has 1 aliphatic rings. The van der Waals surface area contributed by atoms with Crippen molar-refractivity contribution in [2.24, 2.45) is 5.92 Å². The Bertz CT molecular complexity index is 207. The Morgan fingerprint density at radius 3 is 3.07 bits per heavy atom. The number of rotatable bonds is 5. The van der Waals surface area contributed by atoms with E-state index in [0.29, 0.717) is 6.04 Å². The highest BCUT2D eigenvalue weighted by atomic mass is 15.2. The molecule has 0 aromatic carbocycles. The van der Waals surface area contributed by atoms with E-state index >= 15 is 0 Å². The van der Waals surface area contributed by atoms with Crippen LogP contribution in [0, 0.1) is 18.3 Å². The first-order valence-corrected chi connectivity index (χ1v) is 6.17. The SMILES string of the molecule is C#CCCCN1CCNC(C(C)CC)C1. The summed E-state index contributed by atoms with van der Waals surface area (Å²) in [7, 11) is 0. The van der Waals surface area contributed by atoms with Gasteiger partial charge in [0.05, 0.1) is 0 Å². The van der Waals surface area contributed by atoms with Crippen molar-refractivity contribution in [1.82, 2.24) is 10.2 Å². The van der Waals surface area contributed by atoms with Gasteiger partial charge >= 0.3 is 0 Å². The first-order chi connectivity index (χ1) is 7.27. The molecule has 2 atom stereocenters. The van der Waals surface area contributed by atoms with Crippen LogP contribution in [0.2, 0.25) is 0 Å². The van der Waals surface area contributed by atoms with Crippen LogP contribution in [0.4, 0.5) is 0 Å². The van der Waals surface area contributed by atoms with Crippen LogP contribution < -0.4 is 5.32 Å². The molecule has 2 heteroatoms. The van der Waals surface area contributed by atoms with E-state index in [-0.39, 0.29) is 0 Å². The number of hydrogen-bond acceptors (Lipinski definition) is 2. The van der Waals surface area contributed by atoms with Gasteiger partial charge in [0.1, 0.15) is 0 Å². The first-order valence-electron chi connectivity index (χ1n) is 6.17. The van der Waals surface area contributed by atoms with Crippen LogP contribution >= 0.6 is 0 Å². The van der Waals surface area contributed by atoms with E-state index in [1.54, 1.807) is 0 Å². The Hall–Kier alpha value is -0.520. The third kappa shape index (κ3) is 4.24. The molecule has 15 heavy (non-hydrogen) atoms. The number of terminal acetylenes is 1. The van der Waals surface area contributed by atoms with Crippen LogP contribution in [0.3, 0.4) is 0 Å². The van der Waals surface area contributed by atoms with E-state index < -0.39 is 0 Å². The molecule has 1 rings (SSSR count). The van der Waals surface area contributed by atoms with Crippen molar-refractivity contribution >= 4 is 0 Å². The van der Waals surface area contributed by atoms with Gasteiger partial charge in [-0.3, -0.25) is 0 Å². The summed E-state index contributed by atoms with van der Waals surface area (Å²) in [4.78, 5) is 2.55. The molecule has 0 aromatic heterocycles. The molecular weight excluding hydrogens is 184 g/mol. The molecule has 1 heterocycles. The van der Waals surface area contributed by atoms with Crippen LogP contribution in [-0.4, -0.2) is 37.1 Å². The van der Waals surface area contributed by atoms with E-state index in [0.717, 1.165) is 25.3 Å². The number of nitrogens with one attached hydrogen (secondary N) is 1. The predicted molar refractivity (Wildman–Crippen MR) is 65.8 cm³/mol. The van der Waals surface area contributed by atoms with Gasteiger partial charge in [-0.2, -0.15) is 0 Å². The van der Waals surface area contributed by atoms with E-state index in [1.807, 2.05) is 0 Å². The summed E-state index contributed by atoms with van der Waals surface area (Å²) >= 11 is 0. The molecule has 1 aliphatic heterocycles. The Labute approximate surface area is 94.4 Å². The molecule has 86 valence electrons. The molecule has 0 saturated carbocycles. The molecule has 0 bridgehead atoms. The predicted octanol–water partition coefficient (Wildman–Crippen LogP) is 1.72. The highest BCUT2D eigenvalue weighted by molar-refractivity contribution is 4.85. The quantitative estimate of drug-likeness (QED) is 0.547. The maximum Gasteiger partial charge on any atom is 0.0221 e. The lowest BCUT2D eigenvalue weighted by atomic mass is 9.97. The van der Waals surface area contributed by atoms with Crippen molar-refractivity contribution in [2.45, 2.75) is 39.2 Å². The van der Waals surface area contributed by atoms with Crippen molar-refractivity contribution < 1.29 is 0 Å². The van der Waals surface area contributed by atoms with E-state index in [2.05, 4.69) is 30.0 Å². The van der Waals surface area contributed by atoms with Gasteiger partial charge < -0.3 is 10.2 Å². The molecule has 0 aliphatic carbocycles. The van der Waals surface area contributed by atoms with Crippen molar-refractivity contribution in [1.29, 1.82) is 0 Å². The fourth-order valence-electron chi connectivity index (χ4n) is 2.12. The van der Waals surface area contributed by atoms with Crippen LogP contribution in [0.5, 0.6) is 0 Å². The van der Waals surface area contributed by atoms with Gasteiger partial charge in [0.15, 0.2) is 0 Å². The second-order valence-corrected chi connectivity index (χ2v) is 4.55. The van der Waals surface area contributed by atoms with Crippen molar-refractivity contribution in [3.05, 3.63) is 0 Å². The lowest BCUT2D eigenvalue weighted by molar-refractivity contribution is 0.168. The van der Waals surface area contributed by atoms with Crippen molar-refractivity contribution in [3.8, 4) is 12.3 Å². The molecule has 0 spiro atoms. The minimum Gasteiger partial charge on any atom is -0.311 e. The first kappa shape index (κ1) is 12.5. The standard InChI is InChI=1S/C13H24N2/c1-4-6-7-9-15-10-8-14-13(11-15)12(3)5-2/h1,12-14H,5-11H2,2-3H3. The fraction of sp³-hybridized carbons (Fsp3) is 0.846. The highest BCUT2D eigenvalue weighted by Crippen LogP contribution is 2.12. The van der Waals surface area contributed by atoms with Crippen LogP contribution in [0.1, 0.15) is 33.1 Å². The van der Waals surface area contributed by atoms with E-state index in [4.69, 9.17) is 6.42 Å². The zero-order valence-electron chi connectivity index (χ0n) is 10.1. The maximum absolute atomic E-state index is 5.26. The fourth-order valence-corrected chi connectivity index (χ4v) is 2.12.